The average molecular weight is 445 g/mol. The molecule has 7 heteroatoms. The average Bonchev–Trinajstić information content (AvgIpc) is 3.31. The van der Waals surface area contributed by atoms with Crippen LogP contribution in [0, 0.1) is 5.82 Å². The molecule has 5 aromatic rings. The topological polar surface area (TPSA) is 63.0 Å². The molecule has 0 saturated carbocycles. The Morgan fingerprint density at radius 3 is 2.56 bits per heavy atom. The van der Waals surface area contributed by atoms with Gasteiger partial charge in [0.25, 0.3) is 0 Å². The maximum Gasteiger partial charge on any atom is 0.170 e. The summed E-state index contributed by atoms with van der Waals surface area (Å²) in [7, 11) is 0. The zero-order chi connectivity index (χ0) is 22.1. The number of phenols is 1. The minimum absolute atomic E-state index is 0.0274. The van der Waals surface area contributed by atoms with Crippen LogP contribution in [-0.4, -0.2) is 19.6 Å². The molecule has 2 N–H and O–H groups in total. The van der Waals surface area contributed by atoms with E-state index in [1.807, 2.05) is 47.2 Å². The number of fused-ring (bicyclic) bond motifs is 1. The van der Waals surface area contributed by atoms with Gasteiger partial charge in [0.15, 0.2) is 11.6 Å². The van der Waals surface area contributed by atoms with Crippen molar-refractivity contribution < 1.29 is 9.50 Å². The molecule has 0 saturated heterocycles. The van der Waals surface area contributed by atoms with Crippen LogP contribution < -0.4 is 5.32 Å². The molecule has 0 aliphatic heterocycles. The third-order valence-electron chi connectivity index (χ3n) is 5.25. The van der Waals surface area contributed by atoms with Crippen molar-refractivity contribution in [3.8, 4) is 16.9 Å². The summed E-state index contributed by atoms with van der Waals surface area (Å²) >= 11 is 5.96. The van der Waals surface area contributed by atoms with Crippen molar-refractivity contribution in [2.24, 2.45) is 0 Å². The third kappa shape index (κ3) is 4.00. The fourth-order valence-corrected chi connectivity index (χ4v) is 3.81. The van der Waals surface area contributed by atoms with Crippen LogP contribution in [0.1, 0.15) is 5.56 Å². The number of pyridine rings is 1. The van der Waals surface area contributed by atoms with Gasteiger partial charge in [-0.25, -0.2) is 9.37 Å². The number of rotatable bonds is 5. The molecule has 0 atom stereocenters. The highest BCUT2D eigenvalue weighted by molar-refractivity contribution is 6.32. The van der Waals surface area contributed by atoms with Gasteiger partial charge in [-0.2, -0.15) is 0 Å². The van der Waals surface area contributed by atoms with E-state index in [1.54, 1.807) is 24.8 Å². The first kappa shape index (κ1) is 20.0. The molecule has 5 rings (SSSR count). The van der Waals surface area contributed by atoms with Gasteiger partial charge in [-0.15, -0.1) is 0 Å². The van der Waals surface area contributed by atoms with Crippen LogP contribution in [-0.2, 0) is 6.54 Å². The number of hydrogen-bond acceptors (Lipinski definition) is 4. The second-order valence-electron chi connectivity index (χ2n) is 7.44. The Bertz CT molecular complexity index is 1380. The van der Waals surface area contributed by atoms with Crippen LogP contribution in [0.4, 0.5) is 15.8 Å². The smallest absolute Gasteiger partial charge is 0.170 e. The Kier molecular flexibility index (Phi) is 5.21. The molecule has 0 spiro atoms. The number of nitrogens with zero attached hydrogens (tertiary/aromatic N) is 3. The Hall–Kier alpha value is -3.90. The van der Waals surface area contributed by atoms with Crippen molar-refractivity contribution in [3.63, 3.8) is 0 Å². The van der Waals surface area contributed by atoms with E-state index in [0.717, 1.165) is 34.4 Å². The Labute approximate surface area is 188 Å². The lowest BCUT2D eigenvalue weighted by atomic mass is 10.0. The zero-order valence-electron chi connectivity index (χ0n) is 16.8. The van der Waals surface area contributed by atoms with E-state index in [-0.39, 0.29) is 5.02 Å². The molecule has 0 aliphatic rings. The number of nitrogens with one attached hydrogen (secondary N) is 1. The highest BCUT2D eigenvalue weighted by Crippen LogP contribution is 2.35. The standard InChI is InChI=1S/C25H18ClFN4O/c26-21-12-18(13-22(27)25(21)32)17-3-6-23-20(11-17)24(7-8-29-23)30-19-4-1-16(2-5-19)14-31-10-9-28-15-31/h1-13,15,32H,14H2,(H,29,30). The number of halogens is 2. The van der Waals surface area contributed by atoms with Gasteiger partial charge in [0.1, 0.15) is 0 Å². The molecule has 0 fully saturated rings. The molecule has 0 bridgehead atoms. The number of phenolic OH excluding ortho intramolecular Hbond substituents is 1. The molecule has 0 aliphatic carbocycles. The van der Waals surface area contributed by atoms with Crippen LogP contribution >= 0.6 is 11.6 Å². The van der Waals surface area contributed by atoms with Gasteiger partial charge >= 0.3 is 0 Å². The fraction of sp³-hybridized carbons (Fsp3) is 0.0400. The molecule has 0 amide bonds. The van der Waals surface area contributed by atoms with Gasteiger partial charge in [0, 0.05) is 41.9 Å². The monoisotopic (exact) mass is 444 g/mol. The fourth-order valence-electron chi connectivity index (χ4n) is 3.61. The summed E-state index contributed by atoms with van der Waals surface area (Å²) in [6, 6.07) is 18.6. The first-order valence-corrected chi connectivity index (χ1v) is 10.3. The number of anilines is 2. The number of hydrogen-bond donors (Lipinski definition) is 2. The number of benzene rings is 3. The second kappa shape index (κ2) is 8.32. The lowest BCUT2D eigenvalue weighted by Crippen LogP contribution is -1.97. The summed E-state index contributed by atoms with van der Waals surface area (Å²) < 4.78 is 16.0. The van der Waals surface area contributed by atoms with Crippen molar-refractivity contribution in [1.29, 1.82) is 0 Å². The van der Waals surface area contributed by atoms with E-state index in [4.69, 9.17) is 11.6 Å². The molecule has 32 heavy (non-hydrogen) atoms. The minimum Gasteiger partial charge on any atom is -0.504 e. The number of imidazole rings is 1. The van der Waals surface area contributed by atoms with E-state index in [0.29, 0.717) is 5.56 Å². The molecule has 158 valence electrons. The largest absolute Gasteiger partial charge is 0.504 e. The van der Waals surface area contributed by atoms with Crippen molar-refractivity contribution in [3.05, 3.63) is 102 Å². The quantitative estimate of drug-likeness (QED) is 0.330. The Balaban J connectivity index is 1.46. The van der Waals surface area contributed by atoms with E-state index >= 15 is 0 Å². The lowest BCUT2D eigenvalue weighted by Gasteiger charge is -2.12. The SMILES string of the molecule is Oc1c(F)cc(-c2ccc3nccc(Nc4ccc(Cn5ccnc5)cc4)c3c2)cc1Cl. The summed E-state index contributed by atoms with van der Waals surface area (Å²) in [5.41, 5.74) is 5.14. The van der Waals surface area contributed by atoms with Crippen LogP contribution in [0.25, 0.3) is 22.0 Å². The summed E-state index contributed by atoms with van der Waals surface area (Å²) in [5.74, 6) is -1.30. The molecular formula is C25H18ClFN4O. The van der Waals surface area contributed by atoms with Crippen LogP contribution in [0.5, 0.6) is 5.75 Å². The van der Waals surface area contributed by atoms with Gasteiger partial charge in [0.2, 0.25) is 0 Å². The number of aromatic nitrogens is 3. The van der Waals surface area contributed by atoms with Crippen LogP contribution in [0.3, 0.4) is 0 Å². The minimum atomic E-state index is -0.757. The lowest BCUT2D eigenvalue weighted by molar-refractivity contribution is 0.433. The maximum absolute atomic E-state index is 14.0. The van der Waals surface area contributed by atoms with Crippen LogP contribution in [0.15, 0.2) is 85.6 Å². The molecule has 0 radical (unpaired) electrons. The predicted octanol–water partition coefficient (Wildman–Crippen LogP) is 6.39. The Morgan fingerprint density at radius 2 is 1.81 bits per heavy atom. The molecular weight excluding hydrogens is 427 g/mol. The van der Waals surface area contributed by atoms with Crippen molar-refractivity contribution in [2.75, 3.05) is 5.32 Å². The Morgan fingerprint density at radius 1 is 0.969 bits per heavy atom. The molecule has 2 heterocycles. The van der Waals surface area contributed by atoms with Gasteiger partial charge in [-0.1, -0.05) is 29.8 Å². The van der Waals surface area contributed by atoms with Gasteiger partial charge < -0.3 is 15.0 Å². The summed E-state index contributed by atoms with van der Waals surface area (Å²) in [6.45, 7) is 0.758. The first-order valence-electron chi connectivity index (χ1n) is 9.96. The van der Waals surface area contributed by atoms with Gasteiger partial charge in [-0.05, 0) is 59.2 Å². The predicted molar refractivity (Wildman–Crippen MR) is 125 cm³/mol. The molecule has 2 aromatic heterocycles. The van der Waals surface area contributed by atoms with Crippen molar-refractivity contribution in [1.82, 2.24) is 14.5 Å². The van der Waals surface area contributed by atoms with Gasteiger partial charge in [0.05, 0.1) is 16.9 Å². The maximum atomic E-state index is 14.0. The van der Waals surface area contributed by atoms with E-state index < -0.39 is 11.6 Å². The summed E-state index contributed by atoms with van der Waals surface area (Å²) in [5, 5.41) is 13.9. The second-order valence-corrected chi connectivity index (χ2v) is 7.84. The van der Waals surface area contributed by atoms with Crippen LogP contribution in [0.2, 0.25) is 5.02 Å². The summed E-state index contributed by atoms with van der Waals surface area (Å²) in [6.07, 6.45) is 7.23. The third-order valence-corrected chi connectivity index (χ3v) is 5.54. The zero-order valence-corrected chi connectivity index (χ0v) is 17.6. The highest BCUT2D eigenvalue weighted by atomic mass is 35.5. The highest BCUT2D eigenvalue weighted by Gasteiger charge is 2.11. The van der Waals surface area contributed by atoms with E-state index in [2.05, 4.69) is 27.4 Å². The normalized spacial score (nSPS) is 11.1. The number of aromatic hydroxyl groups is 1. The molecule has 0 unspecified atom stereocenters. The van der Waals surface area contributed by atoms with Gasteiger partial charge in [-0.3, -0.25) is 4.98 Å². The van der Waals surface area contributed by atoms with Crippen molar-refractivity contribution >= 4 is 33.9 Å². The first-order chi connectivity index (χ1) is 15.6. The molecule has 5 nitrogen and oxygen atoms in total. The van der Waals surface area contributed by atoms with E-state index in [9.17, 15) is 9.50 Å². The molecule has 3 aromatic carbocycles. The summed E-state index contributed by atoms with van der Waals surface area (Å²) in [4.78, 5) is 8.50. The van der Waals surface area contributed by atoms with Crippen molar-refractivity contribution in [2.45, 2.75) is 6.54 Å². The van der Waals surface area contributed by atoms with E-state index in [1.165, 1.54) is 11.6 Å².